The number of rotatable bonds is 3. The summed E-state index contributed by atoms with van der Waals surface area (Å²) in [6, 6.07) is 0. The molecule has 0 aromatic carbocycles. The van der Waals surface area contributed by atoms with Crippen LogP contribution in [0.25, 0.3) is 0 Å². The molecule has 0 amide bonds. The lowest BCUT2D eigenvalue weighted by molar-refractivity contribution is -0.126. The first-order valence-corrected chi connectivity index (χ1v) is 7.09. The smallest absolute Gasteiger partial charge is 0.248 e. The lowest BCUT2D eigenvalue weighted by atomic mass is 9.81. The molecule has 0 radical (unpaired) electrons. The molecule has 0 N–H and O–H groups in total. The molecule has 1 aliphatic carbocycles. The fraction of sp³-hybridized carbons (Fsp3) is 0.923. The van der Waals surface area contributed by atoms with Crippen LogP contribution in [0, 0.1) is 11.3 Å². The van der Waals surface area contributed by atoms with Gasteiger partial charge < -0.3 is 0 Å². The zero-order valence-electron chi connectivity index (χ0n) is 10.7. The molecule has 4 heteroatoms. The van der Waals surface area contributed by atoms with Crippen molar-refractivity contribution in [2.45, 2.75) is 63.6 Å². The fourth-order valence-electron chi connectivity index (χ4n) is 2.21. The molecule has 0 aliphatic heterocycles. The average molecular weight is 311 g/mol. The lowest BCUT2D eigenvalue weighted by Gasteiger charge is -2.30. The molecule has 0 aromatic rings. The van der Waals surface area contributed by atoms with E-state index in [0.717, 1.165) is 0 Å². The molecule has 0 saturated heterocycles. The molecular weight excluding hydrogens is 290 g/mol. The summed E-state index contributed by atoms with van der Waals surface area (Å²) in [6.45, 7) is 5.66. The summed E-state index contributed by atoms with van der Waals surface area (Å²) in [5, 5.41) is 0. The highest BCUT2D eigenvalue weighted by Crippen LogP contribution is 2.39. The van der Waals surface area contributed by atoms with Gasteiger partial charge in [-0.05, 0) is 25.2 Å². The number of carbonyl (C=O) groups excluding carboxylic acids is 1. The van der Waals surface area contributed by atoms with Crippen molar-refractivity contribution in [1.82, 2.24) is 0 Å². The molecule has 1 nitrogen and oxygen atoms in total. The van der Waals surface area contributed by atoms with E-state index in [-0.39, 0.29) is 34.8 Å². The van der Waals surface area contributed by atoms with Gasteiger partial charge in [-0.1, -0.05) is 36.7 Å². The van der Waals surface area contributed by atoms with Crippen molar-refractivity contribution in [3.63, 3.8) is 0 Å². The van der Waals surface area contributed by atoms with E-state index in [1.807, 2.05) is 20.8 Å². The van der Waals surface area contributed by atoms with Crippen LogP contribution >= 0.6 is 15.9 Å². The number of hydrogen-bond donors (Lipinski definition) is 0. The summed E-state index contributed by atoms with van der Waals surface area (Å²) in [5.74, 6) is -2.06. The maximum absolute atomic E-state index is 13.0. The van der Waals surface area contributed by atoms with E-state index >= 15 is 0 Å². The van der Waals surface area contributed by atoms with E-state index < -0.39 is 5.92 Å². The predicted octanol–water partition coefficient (Wildman–Crippen LogP) is 4.58. The topological polar surface area (TPSA) is 17.1 Å². The van der Waals surface area contributed by atoms with Gasteiger partial charge in [0.1, 0.15) is 0 Å². The van der Waals surface area contributed by atoms with E-state index in [9.17, 15) is 13.6 Å². The maximum Gasteiger partial charge on any atom is 0.248 e. The molecule has 0 spiro atoms. The lowest BCUT2D eigenvalue weighted by Crippen LogP contribution is -2.32. The van der Waals surface area contributed by atoms with Crippen molar-refractivity contribution < 1.29 is 13.6 Å². The summed E-state index contributed by atoms with van der Waals surface area (Å²) in [5.41, 5.74) is -0.368. The van der Waals surface area contributed by atoms with Crippen molar-refractivity contribution in [3.05, 3.63) is 0 Å². The molecule has 1 atom stereocenters. The molecule has 100 valence electrons. The first-order valence-electron chi connectivity index (χ1n) is 6.18. The van der Waals surface area contributed by atoms with Crippen LogP contribution in [0.3, 0.4) is 0 Å². The Morgan fingerprint density at radius 1 is 1.35 bits per heavy atom. The fourth-order valence-corrected chi connectivity index (χ4v) is 3.42. The third-order valence-electron chi connectivity index (χ3n) is 3.40. The van der Waals surface area contributed by atoms with Crippen LogP contribution in [0.4, 0.5) is 8.78 Å². The maximum atomic E-state index is 13.0. The van der Waals surface area contributed by atoms with Crippen LogP contribution in [0.2, 0.25) is 0 Å². The van der Waals surface area contributed by atoms with E-state index in [1.165, 1.54) is 0 Å². The van der Waals surface area contributed by atoms with Gasteiger partial charge in [-0.25, -0.2) is 8.78 Å². The number of ketones is 1. The first kappa shape index (κ1) is 15.1. The molecule has 17 heavy (non-hydrogen) atoms. The second kappa shape index (κ2) is 5.33. The van der Waals surface area contributed by atoms with Gasteiger partial charge >= 0.3 is 0 Å². The number of hydrogen-bond acceptors (Lipinski definition) is 1. The minimum Gasteiger partial charge on any atom is -0.298 e. The quantitative estimate of drug-likeness (QED) is 0.697. The van der Waals surface area contributed by atoms with Gasteiger partial charge in [0.2, 0.25) is 5.92 Å². The molecule has 0 heterocycles. The summed E-state index contributed by atoms with van der Waals surface area (Å²) in [4.78, 5) is 11.8. The third-order valence-corrected chi connectivity index (χ3v) is 4.19. The Morgan fingerprint density at radius 3 is 2.24 bits per heavy atom. The standard InChI is InChI=1S/C13H21BrF2O/c1-12(2,3)11(17)10(14)8-9-4-6-13(15,16)7-5-9/h9-10H,4-8H2,1-3H3/t10-/m0/s1. The molecule has 1 fully saturated rings. The number of halogens is 3. The molecule has 0 unspecified atom stereocenters. The Bertz CT molecular complexity index is 274. The highest BCUT2D eigenvalue weighted by molar-refractivity contribution is 9.10. The predicted molar refractivity (Wildman–Crippen MR) is 68.7 cm³/mol. The monoisotopic (exact) mass is 310 g/mol. The zero-order chi connectivity index (χ0) is 13.3. The molecule has 1 aliphatic rings. The second-order valence-corrected chi connectivity index (χ2v) is 7.22. The van der Waals surface area contributed by atoms with Crippen molar-refractivity contribution in [3.8, 4) is 0 Å². The van der Waals surface area contributed by atoms with Gasteiger partial charge in [0.25, 0.3) is 0 Å². The molecular formula is C13H21BrF2O. The SMILES string of the molecule is CC(C)(C)C(=O)[C@@H](Br)CC1CCC(F)(F)CC1. The molecule has 1 saturated carbocycles. The van der Waals surface area contributed by atoms with Crippen LogP contribution in [-0.4, -0.2) is 16.5 Å². The minimum absolute atomic E-state index is 0.0267. The highest BCUT2D eigenvalue weighted by Gasteiger charge is 2.37. The Balaban J connectivity index is 2.43. The van der Waals surface area contributed by atoms with Crippen LogP contribution in [0.1, 0.15) is 52.9 Å². The highest BCUT2D eigenvalue weighted by atomic mass is 79.9. The number of alkyl halides is 3. The van der Waals surface area contributed by atoms with Gasteiger partial charge in [0, 0.05) is 18.3 Å². The normalized spacial score (nSPS) is 23.4. The Hall–Kier alpha value is 0.01000. The van der Waals surface area contributed by atoms with Gasteiger partial charge in [-0.3, -0.25) is 4.79 Å². The van der Waals surface area contributed by atoms with Gasteiger partial charge in [-0.15, -0.1) is 0 Å². The van der Waals surface area contributed by atoms with Crippen molar-refractivity contribution in [2.24, 2.45) is 11.3 Å². The Morgan fingerprint density at radius 2 is 1.82 bits per heavy atom. The van der Waals surface area contributed by atoms with E-state index in [4.69, 9.17) is 0 Å². The summed E-state index contributed by atoms with van der Waals surface area (Å²) in [6.07, 6.45) is 1.70. The van der Waals surface area contributed by atoms with E-state index in [2.05, 4.69) is 15.9 Å². The van der Waals surface area contributed by atoms with Gasteiger partial charge in [-0.2, -0.15) is 0 Å². The van der Waals surface area contributed by atoms with Crippen molar-refractivity contribution in [2.75, 3.05) is 0 Å². The van der Waals surface area contributed by atoms with Crippen LogP contribution in [0.15, 0.2) is 0 Å². The zero-order valence-corrected chi connectivity index (χ0v) is 12.3. The van der Waals surface area contributed by atoms with E-state index in [1.54, 1.807) is 0 Å². The molecule has 1 rings (SSSR count). The number of carbonyl (C=O) groups is 1. The van der Waals surface area contributed by atoms with Crippen LogP contribution < -0.4 is 0 Å². The second-order valence-electron chi connectivity index (χ2n) is 6.12. The largest absolute Gasteiger partial charge is 0.298 e. The van der Waals surface area contributed by atoms with Crippen molar-refractivity contribution >= 4 is 21.7 Å². The number of Topliss-reactive ketones (excluding diaryl/α,β-unsaturated/α-hetero) is 1. The van der Waals surface area contributed by atoms with Crippen molar-refractivity contribution in [1.29, 1.82) is 0 Å². The van der Waals surface area contributed by atoms with Gasteiger partial charge in [0.15, 0.2) is 5.78 Å². The Kier molecular flexibility index (Phi) is 4.73. The molecule has 0 bridgehead atoms. The molecule has 0 aromatic heterocycles. The summed E-state index contributed by atoms with van der Waals surface area (Å²) in [7, 11) is 0. The summed E-state index contributed by atoms with van der Waals surface area (Å²) >= 11 is 3.41. The third kappa shape index (κ3) is 4.65. The minimum atomic E-state index is -2.48. The Labute approximate surface area is 110 Å². The van der Waals surface area contributed by atoms with E-state index in [0.29, 0.717) is 19.3 Å². The van der Waals surface area contributed by atoms with Crippen LogP contribution in [-0.2, 0) is 4.79 Å². The van der Waals surface area contributed by atoms with Gasteiger partial charge in [0.05, 0.1) is 4.83 Å². The van der Waals surface area contributed by atoms with Crippen LogP contribution in [0.5, 0.6) is 0 Å². The summed E-state index contributed by atoms with van der Waals surface area (Å²) < 4.78 is 26.0. The first-order chi connectivity index (χ1) is 7.62. The average Bonchev–Trinajstić information content (AvgIpc) is 2.18.